The summed E-state index contributed by atoms with van der Waals surface area (Å²) >= 11 is 0. The molecule has 0 amide bonds. The molecule has 1 aliphatic carbocycles. The monoisotopic (exact) mass is 754 g/mol. The standard InChI is InChI=1S/C57H42N2/c1-57(2)52-25-13-9-21-46(52)47-36-34-44(38-53(47)57)58(42-19-7-4-8-20-42)43-33-35-45(51(37-43)41-31-29-40(30-32-41)39-17-5-3-6-18-39)48-22-10-14-26-54(48)59-55-27-15-11-23-49(55)50-24-12-16-28-56(50)59/h3-38H,1-2H3. The lowest BCUT2D eigenvalue weighted by Gasteiger charge is -2.29. The highest BCUT2D eigenvalue weighted by Gasteiger charge is 2.35. The Morgan fingerprint density at radius 1 is 0.339 bits per heavy atom. The molecular formula is C57H42N2. The quantitative estimate of drug-likeness (QED) is 0.157. The van der Waals surface area contributed by atoms with Gasteiger partial charge in [0.1, 0.15) is 0 Å². The third kappa shape index (κ3) is 5.71. The highest BCUT2D eigenvalue weighted by atomic mass is 15.1. The molecule has 0 N–H and O–H groups in total. The SMILES string of the molecule is CC1(C)c2ccccc2-c2ccc(N(c3ccccc3)c3ccc(-c4ccccc4-n4c5ccccc5c5ccccc54)c(-c4ccc(-c5ccccc5)cc4)c3)cc21. The van der Waals surface area contributed by atoms with Crippen LogP contribution in [0.2, 0.25) is 0 Å². The van der Waals surface area contributed by atoms with Gasteiger partial charge in [0.2, 0.25) is 0 Å². The number of rotatable bonds is 7. The van der Waals surface area contributed by atoms with Crippen molar-refractivity contribution in [2.45, 2.75) is 19.3 Å². The molecule has 1 heterocycles. The first-order valence-corrected chi connectivity index (χ1v) is 20.5. The van der Waals surface area contributed by atoms with E-state index in [0.29, 0.717) is 0 Å². The van der Waals surface area contributed by atoms with Crippen molar-refractivity contribution < 1.29 is 0 Å². The van der Waals surface area contributed by atoms with Crippen LogP contribution in [0.1, 0.15) is 25.0 Å². The number of nitrogens with zero attached hydrogens (tertiary/aromatic N) is 2. The van der Waals surface area contributed by atoms with Crippen molar-refractivity contribution >= 4 is 38.9 Å². The van der Waals surface area contributed by atoms with Gasteiger partial charge < -0.3 is 9.47 Å². The molecule has 1 aliphatic rings. The summed E-state index contributed by atoms with van der Waals surface area (Å²) in [6.45, 7) is 4.71. The van der Waals surface area contributed by atoms with Crippen molar-refractivity contribution in [1.29, 1.82) is 0 Å². The van der Waals surface area contributed by atoms with E-state index in [1.807, 2.05) is 0 Å². The van der Waals surface area contributed by atoms with E-state index in [1.165, 1.54) is 71.9 Å². The zero-order valence-corrected chi connectivity index (χ0v) is 33.2. The lowest BCUT2D eigenvalue weighted by Crippen LogP contribution is -2.16. The summed E-state index contributed by atoms with van der Waals surface area (Å²) in [5.74, 6) is 0. The van der Waals surface area contributed by atoms with E-state index in [2.05, 4.69) is 242 Å². The molecule has 0 atom stereocenters. The van der Waals surface area contributed by atoms with Crippen molar-refractivity contribution in [2.24, 2.45) is 0 Å². The Labute approximate surface area is 345 Å². The maximum Gasteiger partial charge on any atom is 0.0541 e. The summed E-state index contributed by atoms with van der Waals surface area (Å²) in [6, 6.07) is 79.9. The predicted octanol–water partition coefficient (Wildman–Crippen LogP) is 15.6. The molecule has 9 aromatic carbocycles. The Hall–Kier alpha value is -7.42. The minimum absolute atomic E-state index is 0.115. The average molecular weight is 755 g/mol. The topological polar surface area (TPSA) is 8.17 Å². The molecule has 280 valence electrons. The van der Waals surface area contributed by atoms with E-state index < -0.39 is 0 Å². The second-order valence-corrected chi connectivity index (χ2v) is 16.1. The lowest BCUT2D eigenvalue weighted by atomic mass is 9.82. The summed E-state index contributed by atoms with van der Waals surface area (Å²) in [4.78, 5) is 2.42. The van der Waals surface area contributed by atoms with Gasteiger partial charge in [-0.15, -0.1) is 0 Å². The molecule has 2 heteroatoms. The largest absolute Gasteiger partial charge is 0.310 e. The smallest absolute Gasteiger partial charge is 0.0541 e. The average Bonchev–Trinajstić information content (AvgIpc) is 3.75. The van der Waals surface area contributed by atoms with Crippen LogP contribution in [0.5, 0.6) is 0 Å². The maximum atomic E-state index is 2.44. The van der Waals surface area contributed by atoms with Crippen LogP contribution in [0.25, 0.3) is 72.0 Å². The number of para-hydroxylation sites is 4. The highest BCUT2D eigenvalue weighted by Crippen LogP contribution is 2.51. The number of fused-ring (bicyclic) bond motifs is 6. The Morgan fingerprint density at radius 3 is 1.56 bits per heavy atom. The molecule has 0 saturated heterocycles. The molecule has 0 fully saturated rings. The fourth-order valence-electron chi connectivity index (χ4n) is 9.55. The van der Waals surface area contributed by atoms with Gasteiger partial charge in [-0.1, -0.05) is 178 Å². The lowest BCUT2D eigenvalue weighted by molar-refractivity contribution is 0.660. The van der Waals surface area contributed by atoms with Crippen molar-refractivity contribution in [2.75, 3.05) is 4.90 Å². The fourth-order valence-corrected chi connectivity index (χ4v) is 9.55. The second kappa shape index (κ2) is 13.9. The first-order chi connectivity index (χ1) is 29.0. The van der Waals surface area contributed by atoms with E-state index in [9.17, 15) is 0 Å². The van der Waals surface area contributed by atoms with E-state index in [4.69, 9.17) is 0 Å². The van der Waals surface area contributed by atoms with Crippen LogP contribution >= 0.6 is 0 Å². The van der Waals surface area contributed by atoms with Crippen molar-refractivity contribution in [3.63, 3.8) is 0 Å². The molecule has 2 nitrogen and oxygen atoms in total. The third-order valence-corrected chi connectivity index (χ3v) is 12.4. The molecule has 0 aliphatic heterocycles. The van der Waals surface area contributed by atoms with Crippen LogP contribution in [-0.2, 0) is 5.41 Å². The number of anilines is 3. The van der Waals surface area contributed by atoms with Gasteiger partial charge in [-0.2, -0.15) is 0 Å². The number of hydrogen-bond donors (Lipinski definition) is 0. The van der Waals surface area contributed by atoms with Crippen LogP contribution in [0.15, 0.2) is 218 Å². The van der Waals surface area contributed by atoms with Crippen LogP contribution in [0, 0.1) is 0 Å². The molecule has 0 saturated carbocycles. The first-order valence-electron chi connectivity index (χ1n) is 20.5. The van der Waals surface area contributed by atoms with E-state index in [1.54, 1.807) is 0 Å². The van der Waals surface area contributed by atoms with Gasteiger partial charge in [0.05, 0.1) is 16.7 Å². The van der Waals surface area contributed by atoms with E-state index in [0.717, 1.165) is 28.3 Å². The van der Waals surface area contributed by atoms with Crippen LogP contribution in [-0.4, -0.2) is 4.57 Å². The molecule has 0 unspecified atom stereocenters. The molecule has 0 radical (unpaired) electrons. The molecule has 0 spiro atoms. The molecule has 59 heavy (non-hydrogen) atoms. The minimum atomic E-state index is -0.115. The van der Waals surface area contributed by atoms with E-state index in [-0.39, 0.29) is 5.41 Å². The normalized spacial score (nSPS) is 12.7. The molecule has 11 rings (SSSR count). The Kier molecular flexibility index (Phi) is 8.20. The van der Waals surface area contributed by atoms with Crippen LogP contribution < -0.4 is 4.90 Å². The highest BCUT2D eigenvalue weighted by molar-refractivity contribution is 6.10. The second-order valence-electron chi connectivity index (χ2n) is 16.1. The number of hydrogen-bond acceptors (Lipinski definition) is 1. The fraction of sp³-hybridized carbons (Fsp3) is 0.0526. The van der Waals surface area contributed by atoms with Gasteiger partial charge in [-0.05, 0) is 105 Å². The summed E-state index contributed by atoms with van der Waals surface area (Å²) in [5.41, 5.74) is 19.3. The Bertz CT molecular complexity index is 3120. The first kappa shape index (κ1) is 34.8. The zero-order valence-electron chi connectivity index (χ0n) is 33.2. The van der Waals surface area contributed by atoms with Gasteiger partial charge in [0.15, 0.2) is 0 Å². The van der Waals surface area contributed by atoms with Crippen molar-refractivity contribution in [1.82, 2.24) is 4.57 Å². The summed E-state index contributed by atoms with van der Waals surface area (Å²) in [6.07, 6.45) is 0. The van der Waals surface area contributed by atoms with Crippen molar-refractivity contribution in [3.05, 3.63) is 230 Å². The van der Waals surface area contributed by atoms with Crippen molar-refractivity contribution in [3.8, 4) is 50.2 Å². The molecule has 1 aromatic heterocycles. The van der Waals surface area contributed by atoms with Crippen LogP contribution in [0.3, 0.4) is 0 Å². The summed E-state index contributed by atoms with van der Waals surface area (Å²) in [7, 11) is 0. The van der Waals surface area contributed by atoms with Gasteiger partial charge in [0, 0.05) is 38.8 Å². The minimum Gasteiger partial charge on any atom is -0.310 e. The van der Waals surface area contributed by atoms with Gasteiger partial charge in [0.25, 0.3) is 0 Å². The Morgan fingerprint density at radius 2 is 0.847 bits per heavy atom. The molecular weight excluding hydrogens is 713 g/mol. The third-order valence-electron chi connectivity index (χ3n) is 12.4. The number of aromatic nitrogens is 1. The molecule has 0 bridgehead atoms. The summed E-state index contributed by atoms with van der Waals surface area (Å²) < 4.78 is 2.44. The summed E-state index contributed by atoms with van der Waals surface area (Å²) in [5, 5.41) is 2.51. The zero-order chi connectivity index (χ0) is 39.5. The molecule has 10 aromatic rings. The number of benzene rings is 9. The maximum absolute atomic E-state index is 2.44. The van der Waals surface area contributed by atoms with E-state index >= 15 is 0 Å². The van der Waals surface area contributed by atoms with Gasteiger partial charge in [-0.3, -0.25) is 0 Å². The van der Waals surface area contributed by atoms with Crippen LogP contribution in [0.4, 0.5) is 17.1 Å². The van der Waals surface area contributed by atoms with Gasteiger partial charge >= 0.3 is 0 Å². The predicted molar refractivity (Wildman–Crippen MR) is 249 cm³/mol. The van der Waals surface area contributed by atoms with Gasteiger partial charge in [-0.25, -0.2) is 0 Å². The Balaban J connectivity index is 1.13.